The van der Waals surface area contributed by atoms with Gasteiger partial charge in [-0.05, 0) is 47.0 Å². The van der Waals surface area contributed by atoms with Crippen molar-refractivity contribution in [3.63, 3.8) is 0 Å². The molecule has 1 heterocycles. The summed E-state index contributed by atoms with van der Waals surface area (Å²) in [6.45, 7) is 4.04. The second kappa shape index (κ2) is 5.32. The molecule has 0 aliphatic heterocycles. The van der Waals surface area contributed by atoms with Crippen LogP contribution in [-0.2, 0) is 0 Å². The van der Waals surface area contributed by atoms with E-state index in [1.165, 1.54) is 0 Å². The Morgan fingerprint density at radius 2 is 1.88 bits per heavy atom. The van der Waals surface area contributed by atoms with Crippen molar-refractivity contribution in [1.29, 1.82) is 0 Å². The molecular formula is C14H14BrNO. The number of hydrogen-bond donors (Lipinski definition) is 0. The first-order valence-corrected chi connectivity index (χ1v) is 6.30. The van der Waals surface area contributed by atoms with Gasteiger partial charge >= 0.3 is 0 Å². The molecule has 0 saturated heterocycles. The Kier molecular flexibility index (Phi) is 3.79. The number of hydrogen-bond acceptors (Lipinski definition) is 2. The van der Waals surface area contributed by atoms with E-state index in [0.29, 0.717) is 5.88 Å². The van der Waals surface area contributed by atoms with Gasteiger partial charge in [-0.3, -0.25) is 0 Å². The number of ether oxygens (including phenoxy) is 1. The highest BCUT2D eigenvalue weighted by Crippen LogP contribution is 2.29. The first-order chi connectivity index (χ1) is 8.18. The highest BCUT2D eigenvalue weighted by Gasteiger charge is 2.11. The third-order valence-corrected chi connectivity index (χ3v) is 3.57. The van der Waals surface area contributed by atoms with Gasteiger partial charge in [0.05, 0.1) is 4.47 Å². The van der Waals surface area contributed by atoms with Gasteiger partial charge in [0.25, 0.3) is 0 Å². The zero-order valence-corrected chi connectivity index (χ0v) is 11.4. The normalized spacial score (nSPS) is 12.2. The third kappa shape index (κ3) is 2.86. The van der Waals surface area contributed by atoms with Crippen molar-refractivity contribution in [2.24, 2.45) is 0 Å². The summed E-state index contributed by atoms with van der Waals surface area (Å²) in [5.74, 6) is 0.640. The summed E-state index contributed by atoms with van der Waals surface area (Å²) in [4.78, 5) is 4.24. The molecule has 17 heavy (non-hydrogen) atoms. The molecule has 0 N–H and O–H groups in total. The number of aryl methyl sites for hydroxylation is 1. The van der Waals surface area contributed by atoms with E-state index in [4.69, 9.17) is 4.74 Å². The molecule has 1 unspecified atom stereocenters. The number of pyridine rings is 1. The van der Waals surface area contributed by atoms with E-state index in [1.54, 1.807) is 6.20 Å². The second-order valence-electron chi connectivity index (χ2n) is 3.92. The summed E-state index contributed by atoms with van der Waals surface area (Å²) in [6, 6.07) is 12.1. The smallest absolute Gasteiger partial charge is 0.228 e. The van der Waals surface area contributed by atoms with Crippen LogP contribution in [0.2, 0.25) is 0 Å². The van der Waals surface area contributed by atoms with Gasteiger partial charge in [-0.2, -0.15) is 0 Å². The van der Waals surface area contributed by atoms with E-state index in [1.807, 2.05) is 50.2 Å². The van der Waals surface area contributed by atoms with Crippen LogP contribution in [0.4, 0.5) is 0 Å². The van der Waals surface area contributed by atoms with Gasteiger partial charge in [-0.25, -0.2) is 4.98 Å². The van der Waals surface area contributed by atoms with Gasteiger partial charge in [0.2, 0.25) is 5.88 Å². The Balaban J connectivity index is 2.19. The molecule has 3 heteroatoms. The van der Waals surface area contributed by atoms with Gasteiger partial charge < -0.3 is 4.74 Å². The molecule has 2 nitrogen and oxygen atoms in total. The van der Waals surface area contributed by atoms with Crippen molar-refractivity contribution in [3.05, 3.63) is 58.2 Å². The van der Waals surface area contributed by atoms with Crippen molar-refractivity contribution < 1.29 is 4.74 Å². The summed E-state index contributed by atoms with van der Waals surface area (Å²) >= 11 is 3.49. The number of halogens is 1. The quantitative estimate of drug-likeness (QED) is 0.841. The van der Waals surface area contributed by atoms with Crippen molar-refractivity contribution >= 4 is 15.9 Å². The molecule has 0 spiro atoms. The van der Waals surface area contributed by atoms with Crippen LogP contribution in [0.3, 0.4) is 0 Å². The zero-order chi connectivity index (χ0) is 12.3. The number of nitrogens with zero attached hydrogens (tertiary/aromatic N) is 1. The van der Waals surface area contributed by atoms with Crippen LogP contribution in [0.5, 0.6) is 5.88 Å². The minimum Gasteiger partial charge on any atom is -0.469 e. The van der Waals surface area contributed by atoms with E-state index in [2.05, 4.69) is 20.9 Å². The Morgan fingerprint density at radius 3 is 2.59 bits per heavy atom. The predicted octanol–water partition coefficient (Wildman–Crippen LogP) is 4.29. The molecular weight excluding hydrogens is 278 g/mol. The highest BCUT2D eigenvalue weighted by molar-refractivity contribution is 9.10. The second-order valence-corrected chi connectivity index (χ2v) is 4.71. The molecule has 1 aromatic carbocycles. The molecule has 0 bridgehead atoms. The first kappa shape index (κ1) is 12.1. The SMILES string of the molecule is Cc1ccnc(OC(C)c2ccccc2)c1Br. The lowest BCUT2D eigenvalue weighted by molar-refractivity contribution is 0.215. The molecule has 88 valence electrons. The van der Waals surface area contributed by atoms with Crippen LogP contribution in [0.15, 0.2) is 47.1 Å². The Labute approximate surface area is 110 Å². The molecule has 0 fully saturated rings. The lowest BCUT2D eigenvalue weighted by atomic mass is 10.1. The highest BCUT2D eigenvalue weighted by atomic mass is 79.9. The molecule has 0 amide bonds. The standard InChI is InChI=1S/C14H14BrNO/c1-10-8-9-16-14(13(10)15)17-11(2)12-6-4-3-5-7-12/h3-9,11H,1-2H3. The van der Waals surface area contributed by atoms with Crippen molar-refractivity contribution in [1.82, 2.24) is 4.98 Å². The topological polar surface area (TPSA) is 22.1 Å². The number of benzene rings is 1. The molecule has 0 aliphatic rings. The average molecular weight is 292 g/mol. The maximum absolute atomic E-state index is 5.85. The molecule has 1 atom stereocenters. The minimum absolute atomic E-state index is 0.0122. The van der Waals surface area contributed by atoms with Crippen LogP contribution in [0, 0.1) is 6.92 Å². The fourth-order valence-corrected chi connectivity index (χ4v) is 1.88. The van der Waals surface area contributed by atoms with Crippen LogP contribution in [0.1, 0.15) is 24.2 Å². The fourth-order valence-electron chi connectivity index (χ4n) is 1.56. The summed E-state index contributed by atoms with van der Waals surface area (Å²) in [6.07, 6.45) is 1.74. The van der Waals surface area contributed by atoms with E-state index in [9.17, 15) is 0 Å². The lowest BCUT2D eigenvalue weighted by Crippen LogP contribution is -2.04. The minimum atomic E-state index is -0.0122. The Hall–Kier alpha value is -1.35. The van der Waals surface area contributed by atoms with Crippen LogP contribution in [-0.4, -0.2) is 4.98 Å². The van der Waals surface area contributed by atoms with E-state index in [0.717, 1.165) is 15.6 Å². The van der Waals surface area contributed by atoms with Crippen molar-refractivity contribution in [2.45, 2.75) is 20.0 Å². The van der Waals surface area contributed by atoms with Crippen molar-refractivity contribution in [3.8, 4) is 5.88 Å². The lowest BCUT2D eigenvalue weighted by Gasteiger charge is -2.15. The fraction of sp³-hybridized carbons (Fsp3) is 0.214. The monoisotopic (exact) mass is 291 g/mol. The molecule has 1 aromatic heterocycles. The molecule has 2 aromatic rings. The largest absolute Gasteiger partial charge is 0.469 e. The van der Waals surface area contributed by atoms with E-state index < -0.39 is 0 Å². The number of rotatable bonds is 3. The Bertz CT molecular complexity index is 499. The third-order valence-electron chi connectivity index (χ3n) is 2.61. The van der Waals surface area contributed by atoms with Gasteiger partial charge in [-0.15, -0.1) is 0 Å². The molecule has 0 aliphatic carbocycles. The van der Waals surface area contributed by atoms with E-state index >= 15 is 0 Å². The maximum Gasteiger partial charge on any atom is 0.228 e. The van der Waals surface area contributed by atoms with E-state index in [-0.39, 0.29) is 6.10 Å². The summed E-state index contributed by atoms with van der Waals surface area (Å²) in [5, 5.41) is 0. The van der Waals surface area contributed by atoms with Gasteiger partial charge in [0.15, 0.2) is 0 Å². The molecule has 0 radical (unpaired) electrons. The summed E-state index contributed by atoms with van der Waals surface area (Å²) < 4.78 is 6.77. The van der Waals surface area contributed by atoms with Gasteiger partial charge in [0, 0.05) is 6.20 Å². The number of aromatic nitrogens is 1. The van der Waals surface area contributed by atoms with Crippen molar-refractivity contribution in [2.75, 3.05) is 0 Å². The first-order valence-electron chi connectivity index (χ1n) is 5.51. The van der Waals surface area contributed by atoms with Gasteiger partial charge in [-0.1, -0.05) is 30.3 Å². The van der Waals surface area contributed by atoms with Crippen LogP contribution in [0.25, 0.3) is 0 Å². The average Bonchev–Trinajstić information content (AvgIpc) is 2.36. The zero-order valence-electron chi connectivity index (χ0n) is 9.85. The molecule has 2 rings (SSSR count). The Morgan fingerprint density at radius 1 is 1.18 bits per heavy atom. The van der Waals surface area contributed by atoms with Crippen LogP contribution >= 0.6 is 15.9 Å². The summed E-state index contributed by atoms with van der Waals surface area (Å²) in [7, 11) is 0. The van der Waals surface area contributed by atoms with Crippen LogP contribution < -0.4 is 4.74 Å². The predicted molar refractivity (Wildman–Crippen MR) is 72.2 cm³/mol. The molecule has 0 saturated carbocycles. The van der Waals surface area contributed by atoms with Gasteiger partial charge in [0.1, 0.15) is 6.10 Å². The summed E-state index contributed by atoms with van der Waals surface area (Å²) in [5.41, 5.74) is 2.26. The maximum atomic E-state index is 5.85.